The molecular weight excluding hydrogens is 693 g/mol. The second kappa shape index (κ2) is 13.6. The number of nitrogens with zero attached hydrogens (tertiary/aromatic N) is 2. The highest BCUT2D eigenvalue weighted by molar-refractivity contribution is 6.25. The van der Waals surface area contributed by atoms with Gasteiger partial charge in [-0.3, -0.25) is 0 Å². The largest absolute Gasteiger partial charge is 0.455 e. The number of hydrogen-bond acceptors (Lipinski definition) is 2. The van der Waals surface area contributed by atoms with Crippen LogP contribution < -0.4 is 4.90 Å². The Morgan fingerprint density at radius 1 is 0.351 bits per heavy atom. The standard InChI is InChI=1S/C54H36N2O/c1-4-14-37(15-5-1)39-26-30-43(31-27-39)55(44-32-28-40(29-33-44)38-16-6-2-7-17-38)45-21-12-18-41(36-45)46-23-13-25-51-52(46)48-34-35-50-53(54(48)57-51)47-22-10-11-24-49(47)56(50)42-19-8-3-9-20-42/h1-36H. The molecule has 9 aromatic carbocycles. The molecule has 268 valence electrons. The molecule has 0 aliphatic rings. The minimum Gasteiger partial charge on any atom is -0.455 e. The van der Waals surface area contributed by atoms with E-state index >= 15 is 0 Å². The zero-order valence-electron chi connectivity index (χ0n) is 31.1. The molecule has 0 unspecified atom stereocenters. The van der Waals surface area contributed by atoms with E-state index in [9.17, 15) is 0 Å². The van der Waals surface area contributed by atoms with Gasteiger partial charge in [-0.25, -0.2) is 0 Å². The zero-order valence-corrected chi connectivity index (χ0v) is 31.1. The molecule has 2 aromatic heterocycles. The van der Waals surface area contributed by atoms with Crippen molar-refractivity contribution in [1.82, 2.24) is 4.57 Å². The van der Waals surface area contributed by atoms with Crippen LogP contribution in [0, 0.1) is 0 Å². The Kier molecular flexibility index (Phi) is 7.82. The van der Waals surface area contributed by atoms with Gasteiger partial charge in [0.15, 0.2) is 0 Å². The number of hydrogen-bond donors (Lipinski definition) is 0. The maximum atomic E-state index is 6.87. The van der Waals surface area contributed by atoms with Gasteiger partial charge in [0.2, 0.25) is 0 Å². The molecule has 0 bridgehead atoms. The van der Waals surface area contributed by atoms with Crippen molar-refractivity contribution in [3.05, 3.63) is 218 Å². The molecule has 0 atom stereocenters. The van der Waals surface area contributed by atoms with Gasteiger partial charge in [0.1, 0.15) is 11.2 Å². The van der Waals surface area contributed by atoms with E-state index in [1.165, 1.54) is 27.6 Å². The Labute approximate surface area is 330 Å². The van der Waals surface area contributed by atoms with E-state index in [1.807, 2.05) is 0 Å². The van der Waals surface area contributed by atoms with Gasteiger partial charge >= 0.3 is 0 Å². The van der Waals surface area contributed by atoms with Crippen LogP contribution in [0.25, 0.3) is 82.8 Å². The van der Waals surface area contributed by atoms with Crippen LogP contribution in [0.5, 0.6) is 0 Å². The maximum absolute atomic E-state index is 6.87. The van der Waals surface area contributed by atoms with Gasteiger partial charge in [-0.05, 0) is 106 Å². The lowest BCUT2D eigenvalue weighted by atomic mass is 9.98. The summed E-state index contributed by atoms with van der Waals surface area (Å²) in [6, 6.07) is 77.9. The van der Waals surface area contributed by atoms with Crippen molar-refractivity contribution in [2.75, 3.05) is 4.90 Å². The molecule has 0 saturated carbocycles. The molecule has 11 rings (SSSR count). The highest BCUT2D eigenvalue weighted by Crippen LogP contribution is 2.45. The van der Waals surface area contributed by atoms with Crippen molar-refractivity contribution in [1.29, 1.82) is 0 Å². The third-order valence-corrected chi connectivity index (χ3v) is 11.2. The van der Waals surface area contributed by atoms with E-state index in [1.54, 1.807) is 0 Å². The van der Waals surface area contributed by atoms with E-state index in [-0.39, 0.29) is 0 Å². The smallest absolute Gasteiger partial charge is 0.145 e. The fraction of sp³-hybridized carbons (Fsp3) is 0. The lowest BCUT2D eigenvalue weighted by molar-refractivity contribution is 0.673. The van der Waals surface area contributed by atoms with Crippen molar-refractivity contribution in [2.45, 2.75) is 0 Å². The number of aromatic nitrogens is 1. The van der Waals surface area contributed by atoms with Gasteiger partial charge in [-0.15, -0.1) is 0 Å². The molecular formula is C54H36N2O. The number of rotatable bonds is 7. The summed E-state index contributed by atoms with van der Waals surface area (Å²) in [7, 11) is 0. The van der Waals surface area contributed by atoms with Crippen LogP contribution in [0.1, 0.15) is 0 Å². The first-order chi connectivity index (χ1) is 28.3. The van der Waals surface area contributed by atoms with Crippen molar-refractivity contribution in [3.8, 4) is 39.1 Å². The maximum Gasteiger partial charge on any atom is 0.145 e. The molecule has 0 aliphatic heterocycles. The predicted molar refractivity (Wildman–Crippen MR) is 239 cm³/mol. The molecule has 2 heterocycles. The average molecular weight is 729 g/mol. The second-order valence-corrected chi connectivity index (χ2v) is 14.5. The summed E-state index contributed by atoms with van der Waals surface area (Å²) in [4.78, 5) is 2.35. The molecule has 0 amide bonds. The first-order valence-corrected chi connectivity index (χ1v) is 19.4. The van der Waals surface area contributed by atoms with Crippen molar-refractivity contribution in [3.63, 3.8) is 0 Å². The molecule has 3 heteroatoms. The van der Waals surface area contributed by atoms with E-state index < -0.39 is 0 Å². The fourth-order valence-electron chi connectivity index (χ4n) is 8.56. The van der Waals surface area contributed by atoms with Crippen molar-refractivity contribution >= 4 is 60.8 Å². The molecule has 0 saturated heterocycles. The summed E-state index contributed by atoms with van der Waals surface area (Å²) in [5.74, 6) is 0. The molecule has 0 N–H and O–H groups in total. The Morgan fingerprint density at radius 2 is 0.912 bits per heavy atom. The summed E-state index contributed by atoms with van der Waals surface area (Å²) in [5.41, 5.74) is 15.5. The van der Waals surface area contributed by atoms with Gasteiger partial charge < -0.3 is 13.9 Å². The quantitative estimate of drug-likeness (QED) is 0.163. The Balaban J connectivity index is 1.07. The third-order valence-electron chi connectivity index (χ3n) is 11.2. The van der Waals surface area contributed by atoms with Gasteiger partial charge in [0.05, 0.1) is 16.4 Å². The normalized spacial score (nSPS) is 11.5. The Bertz CT molecular complexity index is 3120. The minimum absolute atomic E-state index is 0.877. The minimum atomic E-state index is 0.877. The van der Waals surface area contributed by atoms with E-state index in [2.05, 4.69) is 228 Å². The first kappa shape index (κ1) is 32.8. The lowest BCUT2D eigenvalue weighted by Gasteiger charge is -2.26. The van der Waals surface area contributed by atoms with Gasteiger partial charge in [0.25, 0.3) is 0 Å². The first-order valence-electron chi connectivity index (χ1n) is 19.4. The topological polar surface area (TPSA) is 21.3 Å². The second-order valence-electron chi connectivity index (χ2n) is 14.5. The lowest BCUT2D eigenvalue weighted by Crippen LogP contribution is -2.10. The van der Waals surface area contributed by atoms with Crippen molar-refractivity contribution in [2.24, 2.45) is 0 Å². The van der Waals surface area contributed by atoms with E-state index in [0.717, 1.165) is 72.2 Å². The number of furan rings is 1. The molecule has 0 spiro atoms. The monoisotopic (exact) mass is 728 g/mol. The number of anilines is 3. The van der Waals surface area contributed by atoms with Gasteiger partial charge in [-0.1, -0.05) is 146 Å². The summed E-state index contributed by atoms with van der Waals surface area (Å²) in [6.45, 7) is 0. The van der Waals surface area contributed by atoms with E-state index in [4.69, 9.17) is 4.42 Å². The molecule has 11 aromatic rings. The van der Waals surface area contributed by atoms with Crippen LogP contribution >= 0.6 is 0 Å². The number of benzene rings is 9. The van der Waals surface area contributed by atoms with Crippen LogP contribution in [0.15, 0.2) is 223 Å². The van der Waals surface area contributed by atoms with E-state index in [0.29, 0.717) is 0 Å². The molecule has 0 radical (unpaired) electrons. The average Bonchev–Trinajstić information content (AvgIpc) is 3.84. The molecule has 0 aliphatic carbocycles. The van der Waals surface area contributed by atoms with Gasteiger partial charge in [-0.2, -0.15) is 0 Å². The summed E-state index contributed by atoms with van der Waals surface area (Å²) in [5, 5.41) is 4.54. The number of fused-ring (bicyclic) bond motifs is 7. The highest BCUT2D eigenvalue weighted by Gasteiger charge is 2.21. The summed E-state index contributed by atoms with van der Waals surface area (Å²) in [6.07, 6.45) is 0. The highest BCUT2D eigenvalue weighted by atomic mass is 16.3. The van der Waals surface area contributed by atoms with Crippen LogP contribution in [-0.2, 0) is 0 Å². The Hall–Kier alpha value is -7.62. The van der Waals surface area contributed by atoms with Crippen LogP contribution in [0.4, 0.5) is 17.1 Å². The summed E-state index contributed by atoms with van der Waals surface area (Å²) < 4.78 is 9.22. The SMILES string of the molecule is c1ccc(-c2ccc(N(c3ccc(-c4ccccc4)cc3)c3cccc(-c4cccc5oc6c(ccc7c6c6ccccc6n7-c6ccccc6)c45)c3)cc2)cc1. The zero-order chi connectivity index (χ0) is 37.7. The molecule has 0 fully saturated rings. The molecule has 3 nitrogen and oxygen atoms in total. The number of para-hydroxylation sites is 2. The van der Waals surface area contributed by atoms with Crippen LogP contribution in [0.3, 0.4) is 0 Å². The van der Waals surface area contributed by atoms with Crippen molar-refractivity contribution < 1.29 is 4.42 Å². The fourth-order valence-corrected chi connectivity index (χ4v) is 8.56. The molecule has 57 heavy (non-hydrogen) atoms. The van der Waals surface area contributed by atoms with Crippen LogP contribution in [-0.4, -0.2) is 4.57 Å². The van der Waals surface area contributed by atoms with Crippen LogP contribution in [0.2, 0.25) is 0 Å². The Morgan fingerprint density at radius 3 is 1.58 bits per heavy atom. The predicted octanol–water partition coefficient (Wildman–Crippen LogP) is 15.2. The summed E-state index contributed by atoms with van der Waals surface area (Å²) >= 11 is 0. The third kappa shape index (κ3) is 5.60. The van der Waals surface area contributed by atoms with Gasteiger partial charge in [0, 0.05) is 38.9 Å².